The van der Waals surface area contributed by atoms with E-state index in [1.165, 1.54) is 19.3 Å². The van der Waals surface area contributed by atoms with Crippen LogP contribution < -0.4 is 20.1 Å². The Morgan fingerprint density at radius 1 is 1.11 bits per heavy atom. The second kappa shape index (κ2) is 5.29. The molecule has 0 bridgehead atoms. The van der Waals surface area contributed by atoms with Crippen LogP contribution in [0.1, 0.15) is 19.3 Å². The molecule has 4 nitrogen and oxygen atoms in total. The van der Waals surface area contributed by atoms with Gasteiger partial charge in [0.25, 0.3) is 0 Å². The van der Waals surface area contributed by atoms with E-state index in [1.807, 2.05) is 19.2 Å². The van der Waals surface area contributed by atoms with E-state index in [1.54, 1.807) is 0 Å². The minimum absolute atomic E-state index is 0.433. The highest BCUT2D eigenvalue weighted by atomic mass is 16.6. The number of hydrogen-bond donors (Lipinski definition) is 2. The fourth-order valence-electron chi connectivity index (χ4n) is 2.91. The molecular weight excluding hydrogens is 240 g/mol. The summed E-state index contributed by atoms with van der Waals surface area (Å²) in [5.74, 6) is 1.71. The Labute approximate surface area is 114 Å². The van der Waals surface area contributed by atoms with Gasteiger partial charge in [0.05, 0.1) is 0 Å². The van der Waals surface area contributed by atoms with Gasteiger partial charge < -0.3 is 20.1 Å². The summed E-state index contributed by atoms with van der Waals surface area (Å²) in [5, 5.41) is 6.86. The Kier molecular flexibility index (Phi) is 3.51. The maximum Gasteiger partial charge on any atom is 0.163 e. The molecule has 0 spiro atoms. The molecule has 4 heteroatoms. The first-order chi connectivity index (χ1) is 9.31. The van der Waals surface area contributed by atoms with Gasteiger partial charge in [-0.1, -0.05) is 6.42 Å². The molecule has 1 aliphatic heterocycles. The zero-order chi connectivity index (χ0) is 13.1. The van der Waals surface area contributed by atoms with Crippen LogP contribution in [0.3, 0.4) is 0 Å². The molecule has 104 valence electrons. The Morgan fingerprint density at radius 2 is 1.89 bits per heavy atom. The Balaban J connectivity index is 1.63. The summed E-state index contributed by atoms with van der Waals surface area (Å²) >= 11 is 0. The Morgan fingerprint density at radius 3 is 2.58 bits per heavy atom. The van der Waals surface area contributed by atoms with E-state index >= 15 is 0 Å². The van der Waals surface area contributed by atoms with Gasteiger partial charge in [-0.2, -0.15) is 0 Å². The largest absolute Gasteiger partial charge is 0.486 e. The van der Waals surface area contributed by atoms with Crippen molar-refractivity contribution < 1.29 is 9.47 Å². The summed E-state index contributed by atoms with van der Waals surface area (Å²) in [6.45, 7) is 3.39. The van der Waals surface area contributed by atoms with Crippen LogP contribution in [-0.2, 0) is 0 Å². The van der Waals surface area contributed by atoms with Gasteiger partial charge in [-0.15, -0.1) is 0 Å². The second-order valence-corrected chi connectivity index (χ2v) is 5.60. The number of hydrogen-bond acceptors (Lipinski definition) is 4. The van der Waals surface area contributed by atoms with Crippen molar-refractivity contribution in [2.45, 2.75) is 19.3 Å². The Bertz CT molecular complexity index is 444. The smallest absolute Gasteiger partial charge is 0.163 e. The van der Waals surface area contributed by atoms with E-state index < -0.39 is 0 Å². The highest BCUT2D eigenvalue weighted by Gasteiger charge is 2.35. The Hall–Kier alpha value is -1.42. The first-order valence-corrected chi connectivity index (χ1v) is 7.09. The fourth-order valence-corrected chi connectivity index (χ4v) is 2.91. The minimum Gasteiger partial charge on any atom is -0.486 e. The third-order valence-electron chi connectivity index (χ3n) is 4.18. The summed E-state index contributed by atoms with van der Waals surface area (Å²) in [4.78, 5) is 0. The third kappa shape index (κ3) is 2.63. The zero-order valence-corrected chi connectivity index (χ0v) is 11.5. The molecule has 2 aliphatic rings. The van der Waals surface area contributed by atoms with Crippen molar-refractivity contribution >= 4 is 5.69 Å². The van der Waals surface area contributed by atoms with Crippen LogP contribution in [0.2, 0.25) is 0 Å². The molecular formula is C15H22N2O2. The average molecular weight is 262 g/mol. The normalized spacial score (nSPS) is 19.6. The zero-order valence-electron chi connectivity index (χ0n) is 11.5. The predicted molar refractivity (Wildman–Crippen MR) is 76.1 cm³/mol. The molecule has 19 heavy (non-hydrogen) atoms. The molecule has 0 saturated heterocycles. The van der Waals surface area contributed by atoms with Crippen molar-refractivity contribution in [2.75, 3.05) is 38.7 Å². The van der Waals surface area contributed by atoms with E-state index in [2.05, 4.69) is 16.7 Å². The SMILES string of the molecule is CNCC1(CNc2ccc3c(c2)OCCO3)CCC1. The van der Waals surface area contributed by atoms with Gasteiger partial charge in [0.2, 0.25) is 0 Å². The maximum absolute atomic E-state index is 5.61. The lowest BCUT2D eigenvalue weighted by Crippen LogP contribution is -2.44. The molecule has 1 aliphatic carbocycles. The van der Waals surface area contributed by atoms with Gasteiger partial charge in [0.1, 0.15) is 13.2 Å². The molecule has 0 radical (unpaired) electrons. The number of benzene rings is 1. The van der Waals surface area contributed by atoms with E-state index in [0.717, 1.165) is 30.3 Å². The van der Waals surface area contributed by atoms with Crippen LogP contribution >= 0.6 is 0 Å². The molecule has 1 heterocycles. The van der Waals surface area contributed by atoms with Gasteiger partial charge >= 0.3 is 0 Å². The fraction of sp³-hybridized carbons (Fsp3) is 0.600. The van der Waals surface area contributed by atoms with Crippen LogP contribution in [0.25, 0.3) is 0 Å². The van der Waals surface area contributed by atoms with Crippen LogP contribution in [-0.4, -0.2) is 33.4 Å². The van der Waals surface area contributed by atoms with Gasteiger partial charge in [0, 0.05) is 30.3 Å². The van der Waals surface area contributed by atoms with Gasteiger partial charge in [-0.3, -0.25) is 0 Å². The molecule has 0 unspecified atom stereocenters. The first kappa shape index (κ1) is 12.6. The lowest BCUT2D eigenvalue weighted by atomic mass is 9.68. The molecule has 0 amide bonds. The van der Waals surface area contributed by atoms with Crippen molar-refractivity contribution in [1.29, 1.82) is 0 Å². The van der Waals surface area contributed by atoms with Gasteiger partial charge in [0.15, 0.2) is 11.5 Å². The van der Waals surface area contributed by atoms with Crippen LogP contribution in [0.15, 0.2) is 18.2 Å². The molecule has 2 N–H and O–H groups in total. The molecule has 1 saturated carbocycles. The molecule has 1 aromatic carbocycles. The van der Waals surface area contributed by atoms with Crippen molar-refractivity contribution in [3.63, 3.8) is 0 Å². The molecule has 0 atom stereocenters. The van der Waals surface area contributed by atoms with Crippen molar-refractivity contribution in [2.24, 2.45) is 5.41 Å². The molecule has 3 rings (SSSR count). The summed E-state index contributed by atoms with van der Waals surface area (Å²) in [6.07, 6.45) is 3.97. The van der Waals surface area contributed by atoms with E-state index in [-0.39, 0.29) is 0 Å². The summed E-state index contributed by atoms with van der Waals surface area (Å²) < 4.78 is 11.1. The van der Waals surface area contributed by atoms with Gasteiger partial charge in [-0.25, -0.2) is 0 Å². The van der Waals surface area contributed by atoms with Crippen LogP contribution in [0.4, 0.5) is 5.69 Å². The minimum atomic E-state index is 0.433. The summed E-state index contributed by atoms with van der Waals surface area (Å²) in [7, 11) is 2.03. The number of fused-ring (bicyclic) bond motifs is 1. The summed E-state index contributed by atoms with van der Waals surface area (Å²) in [5.41, 5.74) is 1.55. The third-order valence-corrected chi connectivity index (χ3v) is 4.18. The van der Waals surface area contributed by atoms with E-state index in [9.17, 15) is 0 Å². The highest BCUT2D eigenvalue weighted by Crippen LogP contribution is 2.41. The predicted octanol–water partition coefficient (Wildman–Crippen LogP) is 2.26. The second-order valence-electron chi connectivity index (χ2n) is 5.60. The molecule has 0 aromatic heterocycles. The standard InChI is InChI=1S/C15H22N2O2/c1-16-10-15(5-2-6-15)11-17-12-3-4-13-14(9-12)19-8-7-18-13/h3-4,9,16-17H,2,5-8,10-11H2,1H3. The van der Waals surface area contributed by atoms with Crippen LogP contribution in [0.5, 0.6) is 11.5 Å². The number of rotatable bonds is 5. The van der Waals surface area contributed by atoms with E-state index in [4.69, 9.17) is 9.47 Å². The highest BCUT2D eigenvalue weighted by molar-refractivity contribution is 5.55. The summed E-state index contributed by atoms with van der Waals surface area (Å²) in [6, 6.07) is 6.10. The van der Waals surface area contributed by atoms with Crippen molar-refractivity contribution in [1.82, 2.24) is 5.32 Å². The lowest BCUT2D eigenvalue weighted by molar-refractivity contribution is 0.151. The first-order valence-electron chi connectivity index (χ1n) is 7.09. The van der Waals surface area contributed by atoms with Crippen LogP contribution in [0, 0.1) is 5.41 Å². The van der Waals surface area contributed by atoms with E-state index in [0.29, 0.717) is 18.6 Å². The maximum atomic E-state index is 5.61. The monoisotopic (exact) mass is 262 g/mol. The molecule has 1 aromatic rings. The van der Waals surface area contributed by atoms with Gasteiger partial charge in [-0.05, 0) is 32.0 Å². The van der Waals surface area contributed by atoms with Crippen molar-refractivity contribution in [3.8, 4) is 11.5 Å². The topological polar surface area (TPSA) is 42.5 Å². The number of ether oxygens (including phenoxy) is 2. The van der Waals surface area contributed by atoms with Crippen molar-refractivity contribution in [3.05, 3.63) is 18.2 Å². The number of nitrogens with one attached hydrogen (secondary N) is 2. The number of anilines is 1. The lowest BCUT2D eigenvalue weighted by Gasteiger charge is -2.42. The quantitative estimate of drug-likeness (QED) is 0.854. The average Bonchev–Trinajstić information content (AvgIpc) is 2.41. The molecule has 1 fully saturated rings.